The summed E-state index contributed by atoms with van der Waals surface area (Å²) in [6.07, 6.45) is 8.47. The van der Waals surface area contributed by atoms with Crippen LogP contribution in [0, 0.1) is 34.0 Å². The van der Waals surface area contributed by atoms with E-state index in [4.69, 9.17) is 4.74 Å². The summed E-state index contributed by atoms with van der Waals surface area (Å²) >= 11 is 0. The molecule has 0 aromatic carbocycles. The average Bonchev–Trinajstić information content (AvgIpc) is 3.08. The van der Waals surface area contributed by atoms with Crippen LogP contribution < -0.4 is 0 Å². The molecule has 6 nitrogen and oxygen atoms in total. The number of carbonyl (C=O) groups is 2. The van der Waals surface area contributed by atoms with Crippen molar-refractivity contribution in [3.63, 3.8) is 0 Å². The highest BCUT2D eigenvalue weighted by molar-refractivity contribution is 5.99. The van der Waals surface area contributed by atoms with Crippen LogP contribution in [0.15, 0.2) is 34.9 Å². The molecule has 0 aromatic rings. The number of aliphatic hydroxyl groups excluding tert-OH is 2. The second kappa shape index (κ2) is 7.87. The lowest BCUT2D eigenvalue weighted by molar-refractivity contribution is -0.214. The van der Waals surface area contributed by atoms with E-state index in [1.807, 2.05) is 27.7 Å². The van der Waals surface area contributed by atoms with Crippen LogP contribution in [0.5, 0.6) is 0 Å². The van der Waals surface area contributed by atoms with Crippen LogP contribution in [-0.4, -0.2) is 51.5 Å². The quantitative estimate of drug-likeness (QED) is 0.417. The molecule has 1 aliphatic heterocycles. The Morgan fingerprint density at radius 2 is 1.83 bits per heavy atom. The molecule has 2 fully saturated rings. The number of cyclic esters (lactones) is 1. The van der Waals surface area contributed by atoms with Crippen molar-refractivity contribution >= 4 is 11.8 Å². The Morgan fingerprint density at radius 3 is 2.49 bits per heavy atom. The van der Waals surface area contributed by atoms with Gasteiger partial charge in [0.2, 0.25) is 0 Å². The zero-order valence-electron chi connectivity index (χ0n) is 21.6. The van der Waals surface area contributed by atoms with E-state index in [-0.39, 0.29) is 35.6 Å². The highest BCUT2D eigenvalue weighted by Gasteiger charge is 2.69. The Hall–Kier alpha value is -1.76. The molecular formula is C29H40O6. The first-order valence-corrected chi connectivity index (χ1v) is 13.2. The molecule has 0 spiro atoms. The van der Waals surface area contributed by atoms with E-state index in [2.05, 4.69) is 13.0 Å². The van der Waals surface area contributed by atoms with Crippen molar-refractivity contribution in [1.29, 1.82) is 0 Å². The predicted molar refractivity (Wildman–Crippen MR) is 131 cm³/mol. The number of ether oxygens (including phenoxy) is 1. The van der Waals surface area contributed by atoms with Crippen LogP contribution in [0.1, 0.15) is 73.1 Å². The first kappa shape index (κ1) is 24.9. The topological polar surface area (TPSA) is 104 Å². The lowest BCUT2D eigenvalue weighted by Crippen LogP contribution is -2.63. The lowest BCUT2D eigenvalue weighted by atomic mass is 9.45. The molecule has 0 bridgehead atoms. The molecule has 192 valence electrons. The number of fused-ring (bicyclic) bond motifs is 5. The molecule has 3 N–H and O–H groups in total. The molecule has 2 saturated carbocycles. The molecular weight excluding hydrogens is 444 g/mol. The van der Waals surface area contributed by atoms with Crippen LogP contribution in [-0.2, 0) is 14.3 Å². The lowest BCUT2D eigenvalue weighted by Gasteiger charge is -2.61. The number of ketones is 1. The van der Waals surface area contributed by atoms with Gasteiger partial charge >= 0.3 is 5.97 Å². The van der Waals surface area contributed by atoms with E-state index in [0.717, 1.165) is 36.8 Å². The molecule has 0 radical (unpaired) electrons. The number of hydrogen-bond donors (Lipinski definition) is 3. The summed E-state index contributed by atoms with van der Waals surface area (Å²) in [6.45, 7) is 9.78. The molecule has 0 saturated heterocycles. The minimum atomic E-state index is -1.04. The van der Waals surface area contributed by atoms with Crippen molar-refractivity contribution < 1.29 is 29.6 Å². The van der Waals surface area contributed by atoms with Crippen molar-refractivity contribution in [2.45, 2.75) is 91.0 Å². The Kier molecular flexibility index (Phi) is 5.60. The predicted octanol–water partition coefficient (Wildman–Crippen LogP) is 3.65. The van der Waals surface area contributed by atoms with Crippen LogP contribution in [0.25, 0.3) is 0 Å². The van der Waals surface area contributed by atoms with Crippen molar-refractivity contribution in [3.8, 4) is 0 Å². The third kappa shape index (κ3) is 3.05. The summed E-state index contributed by atoms with van der Waals surface area (Å²) in [5, 5.41) is 32.7. The van der Waals surface area contributed by atoms with E-state index in [1.165, 1.54) is 0 Å². The van der Waals surface area contributed by atoms with Crippen LogP contribution in [0.4, 0.5) is 0 Å². The number of carbonyl (C=O) groups excluding carboxylic acids is 2. The van der Waals surface area contributed by atoms with E-state index in [0.29, 0.717) is 18.4 Å². The van der Waals surface area contributed by atoms with Gasteiger partial charge in [0.25, 0.3) is 0 Å². The molecule has 6 heteroatoms. The van der Waals surface area contributed by atoms with Crippen LogP contribution >= 0.6 is 0 Å². The van der Waals surface area contributed by atoms with Crippen molar-refractivity contribution in [3.05, 3.63) is 34.9 Å². The number of allylic oxidation sites excluding steroid dienone is 2. The van der Waals surface area contributed by atoms with Gasteiger partial charge in [0.15, 0.2) is 5.78 Å². The highest BCUT2D eigenvalue weighted by Crippen LogP contribution is 2.70. The standard InChI is InChI=1S/C29H40O6/c1-16-14-24(35-25(33)18(16)15-30)26(2,3)29(34)13-11-19-17-6-7-21-22(31)8-9-23(32)28(21,5)20(17)10-12-27(19,29)4/h7-9,17,19-20,22,24,30-31,34H,6,10-15H2,1-5H3/t17?,19?,20?,22-,24?,27-,28+,29-/m0/s1. The second-order valence-corrected chi connectivity index (χ2v) is 12.7. The monoisotopic (exact) mass is 484 g/mol. The summed E-state index contributed by atoms with van der Waals surface area (Å²) in [5.74, 6) is 0.230. The molecule has 1 heterocycles. The molecule has 5 rings (SSSR count). The average molecular weight is 485 g/mol. The summed E-state index contributed by atoms with van der Waals surface area (Å²) < 4.78 is 5.84. The van der Waals surface area contributed by atoms with Gasteiger partial charge in [-0.1, -0.05) is 32.4 Å². The van der Waals surface area contributed by atoms with Gasteiger partial charge in [-0.2, -0.15) is 0 Å². The van der Waals surface area contributed by atoms with Crippen LogP contribution in [0.2, 0.25) is 0 Å². The Labute approximate surface area is 208 Å². The van der Waals surface area contributed by atoms with Gasteiger partial charge in [-0.25, -0.2) is 4.79 Å². The van der Waals surface area contributed by atoms with Crippen molar-refractivity contribution in [2.75, 3.05) is 6.61 Å². The molecule has 0 aromatic heterocycles. The van der Waals surface area contributed by atoms with Gasteiger partial charge in [-0.15, -0.1) is 0 Å². The summed E-state index contributed by atoms with van der Waals surface area (Å²) in [6, 6.07) is 0. The summed E-state index contributed by atoms with van der Waals surface area (Å²) in [7, 11) is 0. The van der Waals surface area contributed by atoms with Gasteiger partial charge in [0, 0.05) is 17.3 Å². The fourth-order valence-corrected chi connectivity index (χ4v) is 8.99. The van der Waals surface area contributed by atoms with E-state index < -0.39 is 34.6 Å². The van der Waals surface area contributed by atoms with Gasteiger partial charge < -0.3 is 20.1 Å². The van der Waals surface area contributed by atoms with E-state index in [1.54, 1.807) is 12.2 Å². The number of hydrogen-bond acceptors (Lipinski definition) is 6. The fourth-order valence-electron chi connectivity index (χ4n) is 8.99. The van der Waals surface area contributed by atoms with Crippen molar-refractivity contribution in [1.82, 2.24) is 0 Å². The third-order valence-electron chi connectivity index (χ3n) is 11.3. The maximum atomic E-state index is 13.2. The smallest absolute Gasteiger partial charge is 0.336 e. The minimum absolute atomic E-state index is 0.0806. The molecule has 35 heavy (non-hydrogen) atoms. The number of aliphatic hydroxyl groups is 3. The maximum Gasteiger partial charge on any atom is 0.336 e. The molecule has 4 aliphatic carbocycles. The molecule has 8 atom stereocenters. The molecule has 4 unspecified atom stereocenters. The molecule has 0 amide bonds. The van der Waals surface area contributed by atoms with Crippen molar-refractivity contribution in [2.24, 2.45) is 34.0 Å². The Bertz CT molecular complexity index is 1050. The third-order valence-corrected chi connectivity index (χ3v) is 11.3. The number of esters is 1. The first-order chi connectivity index (χ1) is 16.3. The minimum Gasteiger partial charge on any atom is -0.458 e. The van der Waals surface area contributed by atoms with E-state index >= 15 is 0 Å². The van der Waals surface area contributed by atoms with Gasteiger partial charge in [-0.05, 0) is 81.4 Å². The Balaban J connectivity index is 1.48. The van der Waals surface area contributed by atoms with Crippen LogP contribution in [0.3, 0.4) is 0 Å². The van der Waals surface area contributed by atoms with Gasteiger partial charge in [0.05, 0.1) is 29.3 Å². The Morgan fingerprint density at radius 1 is 1.14 bits per heavy atom. The highest BCUT2D eigenvalue weighted by atomic mass is 16.5. The number of rotatable bonds is 3. The van der Waals surface area contributed by atoms with Gasteiger partial charge in [0.1, 0.15) is 6.10 Å². The summed E-state index contributed by atoms with van der Waals surface area (Å²) in [5.41, 5.74) is -0.804. The largest absolute Gasteiger partial charge is 0.458 e. The zero-order chi connectivity index (χ0) is 25.6. The fraction of sp³-hybridized carbons (Fsp3) is 0.724. The SMILES string of the molecule is CC1=C(CO)C(=O)OC(C(C)(C)[C@@]2(O)CCC3C4CC=C5[C@@H](O)C=CC(=O)[C@]5(C)C4CC[C@@]32C)C1. The van der Waals surface area contributed by atoms with Gasteiger partial charge in [-0.3, -0.25) is 4.79 Å². The second-order valence-electron chi connectivity index (χ2n) is 12.7. The normalized spacial score (nSPS) is 45.5. The first-order valence-electron chi connectivity index (χ1n) is 13.2. The zero-order valence-corrected chi connectivity index (χ0v) is 21.6. The molecule has 5 aliphatic rings. The summed E-state index contributed by atoms with van der Waals surface area (Å²) in [4.78, 5) is 25.8. The maximum absolute atomic E-state index is 13.2. The van der Waals surface area contributed by atoms with E-state index in [9.17, 15) is 24.9 Å².